The van der Waals surface area contributed by atoms with Crippen LogP contribution in [0.15, 0.2) is 51.8 Å². The molecule has 19 heavy (non-hydrogen) atoms. The standard InChI is InChI=1S/C13H13BrN2O2S/c1-19(17,18)11-5-3-10(4-6-11)16-13-8-9(14)2-7-12(13)15/h2-8,16H,15H2,1H3. The van der Waals surface area contributed by atoms with Gasteiger partial charge in [-0.3, -0.25) is 0 Å². The molecule has 0 aliphatic rings. The molecule has 0 fully saturated rings. The second-order valence-corrected chi connectivity index (χ2v) is 7.08. The lowest BCUT2D eigenvalue weighted by Crippen LogP contribution is -1.99. The Kier molecular flexibility index (Phi) is 3.82. The first-order valence-electron chi connectivity index (χ1n) is 5.48. The summed E-state index contributed by atoms with van der Waals surface area (Å²) in [4.78, 5) is 0.292. The highest BCUT2D eigenvalue weighted by molar-refractivity contribution is 9.10. The number of benzene rings is 2. The molecule has 100 valence electrons. The molecule has 0 aliphatic carbocycles. The summed E-state index contributed by atoms with van der Waals surface area (Å²) in [6.45, 7) is 0. The summed E-state index contributed by atoms with van der Waals surface area (Å²) in [7, 11) is -3.17. The minimum absolute atomic E-state index is 0.292. The molecule has 0 spiro atoms. The van der Waals surface area contributed by atoms with Crippen LogP contribution in [0.3, 0.4) is 0 Å². The number of hydrogen-bond acceptors (Lipinski definition) is 4. The zero-order valence-electron chi connectivity index (χ0n) is 10.2. The summed E-state index contributed by atoms with van der Waals surface area (Å²) < 4.78 is 23.6. The predicted molar refractivity (Wildman–Crippen MR) is 81.4 cm³/mol. The Morgan fingerprint density at radius 1 is 1.11 bits per heavy atom. The highest BCUT2D eigenvalue weighted by atomic mass is 79.9. The van der Waals surface area contributed by atoms with Crippen LogP contribution in [0.5, 0.6) is 0 Å². The second-order valence-electron chi connectivity index (χ2n) is 4.15. The monoisotopic (exact) mass is 340 g/mol. The van der Waals surface area contributed by atoms with Gasteiger partial charge < -0.3 is 11.1 Å². The number of anilines is 3. The van der Waals surface area contributed by atoms with Gasteiger partial charge in [0.1, 0.15) is 0 Å². The van der Waals surface area contributed by atoms with E-state index in [9.17, 15) is 8.42 Å². The highest BCUT2D eigenvalue weighted by Gasteiger charge is 2.06. The zero-order valence-corrected chi connectivity index (χ0v) is 12.6. The van der Waals surface area contributed by atoms with Gasteiger partial charge in [0.05, 0.1) is 16.3 Å². The van der Waals surface area contributed by atoms with Crippen molar-refractivity contribution in [1.82, 2.24) is 0 Å². The van der Waals surface area contributed by atoms with E-state index in [0.29, 0.717) is 10.6 Å². The van der Waals surface area contributed by atoms with Gasteiger partial charge >= 0.3 is 0 Å². The molecule has 0 saturated carbocycles. The van der Waals surface area contributed by atoms with Gasteiger partial charge in [-0.1, -0.05) is 15.9 Å². The first-order chi connectivity index (χ1) is 8.86. The number of rotatable bonds is 3. The molecule has 0 saturated heterocycles. The van der Waals surface area contributed by atoms with Gasteiger partial charge in [0.2, 0.25) is 0 Å². The molecule has 0 atom stereocenters. The van der Waals surface area contributed by atoms with E-state index in [0.717, 1.165) is 15.8 Å². The van der Waals surface area contributed by atoms with Crippen molar-refractivity contribution in [1.29, 1.82) is 0 Å². The van der Waals surface area contributed by atoms with Crippen molar-refractivity contribution in [2.45, 2.75) is 4.90 Å². The Morgan fingerprint density at radius 3 is 2.32 bits per heavy atom. The molecule has 0 aromatic heterocycles. The van der Waals surface area contributed by atoms with Crippen LogP contribution in [0.4, 0.5) is 17.1 Å². The molecule has 0 bridgehead atoms. The summed E-state index contributed by atoms with van der Waals surface area (Å²) in [6, 6.07) is 12.0. The van der Waals surface area contributed by atoms with Crippen molar-refractivity contribution in [2.24, 2.45) is 0 Å². The number of nitrogens with two attached hydrogens (primary N) is 1. The Morgan fingerprint density at radius 2 is 1.74 bits per heavy atom. The number of hydrogen-bond donors (Lipinski definition) is 2. The minimum atomic E-state index is -3.17. The number of sulfone groups is 1. The second kappa shape index (κ2) is 5.22. The van der Waals surface area contributed by atoms with Gasteiger partial charge in [-0.2, -0.15) is 0 Å². The van der Waals surface area contributed by atoms with E-state index in [1.807, 2.05) is 12.1 Å². The van der Waals surface area contributed by atoms with Crippen LogP contribution >= 0.6 is 15.9 Å². The molecule has 0 aliphatic heterocycles. The van der Waals surface area contributed by atoms with Gasteiger partial charge in [0.25, 0.3) is 0 Å². The quantitative estimate of drug-likeness (QED) is 0.841. The maximum Gasteiger partial charge on any atom is 0.175 e. The van der Waals surface area contributed by atoms with Crippen LogP contribution in [0.2, 0.25) is 0 Å². The molecule has 2 rings (SSSR count). The van der Waals surface area contributed by atoms with E-state index in [1.54, 1.807) is 30.3 Å². The van der Waals surface area contributed by atoms with Crippen molar-refractivity contribution >= 4 is 42.8 Å². The lowest BCUT2D eigenvalue weighted by atomic mass is 10.2. The van der Waals surface area contributed by atoms with E-state index in [4.69, 9.17) is 5.73 Å². The van der Waals surface area contributed by atoms with Crippen molar-refractivity contribution in [2.75, 3.05) is 17.3 Å². The lowest BCUT2D eigenvalue weighted by Gasteiger charge is -2.10. The minimum Gasteiger partial charge on any atom is -0.397 e. The molecule has 4 nitrogen and oxygen atoms in total. The van der Waals surface area contributed by atoms with E-state index in [-0.39, 0.29) is 0 Å². The van der Waals surface area contributed by atoms with Crippen LogP contribution in [0, 0.1) is 0 Å². The Labute approximate surface area is 120 Å². The largest absolute Gasteiger partial charge is 0.397 e. The SMILES string of the molecule is CS(=O)(=O)c1ccc(Nc2cc(Br)ccc2N)cc1. The number of nitrogen functional groups attached to an aromatic ring is 1. The van der Waals surface area contributed by atoms with Crippen molar-refractivity contribution in [3.8, 4) is 0 Å². The van der Waals surface area contributed by atoms with Crippen LogP contribution in [0.25, 0.3) is 0 Å². The fraction of sp³-hybridized carbons (Fsp3) is 0.0769. The average molecular weight is 341 g/mol. The fourth-order valence-electron chi connectivity index (χ4n) is 1.58. The van der Waals surface area contributed by atoms with Gasteiger partial charge in [-0.25, -0.2) is 8.42 Å². The van der Waals surface area contributed by atoms with E-state index >= 15 is 0 Å². The summed E-state index contributed by atoms with van der Waals surface area (Å²) in [5, 5.41) is 3.14. The third-order valence-corrected chi connectivity index (χ3v) is 4.20. The maximum atomic E-state index is 11.4. The van der Waals surface area contributed by atoms with Crippen molar-refractivity contribution < 1.29 is 8.42 Å². The summed E-state index contributed by atoms with van der Waals surface area (Å²) in [5.41, 5.74) is 8.02. The molecule has 3 N–H and O–H groups in total. The number of nitrogens with one attached hydrogen (secondary N) is 1. The lowest BCUT2D eigenvalue weighted by molar-refractivity contribution is 0.602. The Balaban J connectivity index is 2.27. The first-order valence-corrected chi connectivity index (χ1v) is 8.17. The van der Waals surface area contributed by atoms with Crippen LogP contribution in [-0.2, 0) is 9.84 Å². The van der Waals surface area contributed by atoms with Crippen LogP contribution in [-0.4, -0.2) is 14.7 Å². The Hall–Kier alpha value is -1.53. The third kappa shape index (κ3) is 3.48. The van der Waals surface area contributed by atoms with Gasteiger partial charge in [0, 0.05) is 16.4 Å². The van der Waals surface area contributed by atoms with E-state index < -0.39 is 9.84 Å². The molecule has 2 aromatic rings. The third-order valence-electron chi connectivity index (χ3n) is 2.58. The maximum absolute atomic E-state index is 11.4. The zero-order chi connectivity index (χ0) is 14.0. The molecule has 6 heteroatoms. The topological polar surface area (TPSA) is 72.2 Å². The summed E-state index contributed by atoms with van der Waals surface area (Å²) in [5.74, 6) is 0. The number of halogens is 1. The van der Waals surface area contributed by atoms with Crippen LogP contribution in [0.1, 0.15) is 0 Å². The highest BCUT2D eigenvalue weighted by Crippen LogP contribution is 2.27. The van der Waals surface area contributed by atoms with Crippen molar-refractivity contribution in [3.63, 3.8) is 0 Å². The molecule has 0 radical (unpaired) electrons. The van der Waals surface area contributed by atoms with E-state index in [1.165, 1.54) is 6.26 Å². The Bertz CT molecular complexity index is 697. The molecule has 0 heterocycles. The average Bonchev–Trinajstić information content (AvgIpc) is 2.33. The smallest absolute Gasteiger partial charge is 0.175 e. The molecular weight excluding hydrogens is 328 g/mol. The van der Waals surface area contributed by atoms with Crippen molar-refractivity contribution in [3.05, 3.63) is 46.9 Å². The predicted octanol–water partition coefficient (Wildman–Crippen LogP) is 3.18. The molecule has 2 aromatic carbocycles. The molecule has 0 unspecified atom stereocenters. The van der Waals surface area contributed by atoms with Gasteiger partial charge in [-0.15, -0.1) is 0 Å². The normalized spacial score (nSPS) is 11.3. The first kappa shape index (κ1) is 13.9. The van der Waals surface area contributed by atoms with Gasteiger partial charge in [0.15, 0.2) is 9.84 Å². The molecule has 0 amide bonds. The van der Waals surface area contributed by atoms with Crippen LogP contribution < -0.4 is 11.1 Å². The summed E-state index contributed by atoms with van der Waals surface area (Å²) >= 11 is 3.37. The summed E-state index contributed by atoms with van der Waals surface area (Å²) in [6.07, 6.45) is 1.18. The molecular formula is C13H13BrN2O2S. The van der Waals surface area contributed by atoms with E-state index in [2.05, 4.69) is 21.2 Å². The fourth-order valence-corrected chi connectivity index (χ4v) is 2.57. The van der Waals surface area contributed by atoms with Gasteiger partial charge in [-0.05, 0) is 42.5 Å².